The van der Waals surface area contributed by atoms with E-state index in [1.54, 1.807) is 0 Å². The summed E-state index contributed by atoms with van der Waals surface area (Å²) >= 11 is 0. The van der Waals surface area contributed by atoms with Gasteiger partial charge in [0.2, 0.25) is 0 Å². The van der Waals surface area contributed by atoms with E-state index in [1.165, 1.54) is 283 Å². The number of unbranched alkanes of at least 4 members (excludes halogenated alkanes) is 36. The topological polar surface area (TPSA) is 43.4 Å². The van der Waals surface area contributed by atoms with Crippen LogP contribution < -0.4 is 0 Å². The van der Waals surface area contributed by atoms with Crippen LogP contribution in [0.4, 0.5) is 0 Å². The first-order chi connectivity index (χ1) is 44.3. The lowest BCUT2D eigenvalue weighted by atomic mass is 9.98. The first kappa shape index (κ1) is 87.7. The Kier molecular flexibility index (Phi) is 72.2. The summed E-state index contributed by atoms with van der Waals surface area (Å²) in [7, 11) is 8.55. The van der Waals surface area contributed by atoms with Crippen LogP contribution in [0.5, 0.6) is 0 Å². The van der Waals surface area contributed by atoms with Gasteiger partial charge in [-0.15, -0.1) is 0 Å². The predicted octanol–water partition coefficient (Wildman–Crippen LogP) is 26.0. The van der Waals surface area contributed by atoms with Gasteiger partial charge in [-0.3, -0.25) is 0 Å². The summed E-state index contributed by atoms with van der Waals surface area (Å²) in [6.45, 7) is 14.3. The minimum absolute atomic E-state index is 0.188. The number of allylic oxidation sites excluding steroid dienone is 16. The molecule has 0 saturated carbocycles. The normalized spacial score (nSPS) is 15.1. The molecule has 0 aromatic carbocycles. The average molecular weight is 1260 g/mol. The minimum atomic E-state index is -0.318. The van der Waals surface area contributed by atoms with Crippen LogP contribution in [0.15, 0.2) is 97.2 Å². The zero-order valence-electron chi connectivity index (χ0n) is 61.7. The highest BCUT2D eigenvalue weighted by Crippen LogP contribution is 2.36. The van der Waals surface area contributed by atoms with Crippen molar-refractivity contribution in [1.82, 2.24) is 9.80 Å². The molecular formula is C84H156N2O4. The lowest BCUT2D eigenvalue weighted by Gasteiger charge is -2.29. The molecule has 0 bridgehead atoms. The highest BCUT2D eigenvalue weighted by atomic mass is 16.7. The molecule has 0 aromatic heterocycles. The van der Waals surface area contributed by atoms with Gasteiger partial charge in [-0.05, 0) is 189 Å². The fraction of sp³-hybridized carbons (Fsp3) is 0.810. The van der Waals surface area contributed by atoms with Gasteiger partial charge in [0.1, 0.15) is 0 Å². The molecule has 2 atom stereocenters. The zero-order chi connectivity index (χ0) is 65.3. The number of hydrogen-bond acceptors (Lipinski definition) is 6. The molecular weight excluding hydrogens is 1100 g/mol. The van der Waals surface area contributed by atoms with Gasteiger partial charge >= 0.3 is 0 Å². The van der Waals surface area contributed by atoms with Crippen molar-refractivity contribution in [1.29, 1.82) is 0 Å². The Morgan fingerprint density at radius 1 is 0.356 bits per heavy atom. The fourth-order valence-electron chi connectivity index (χ4n) is 11.6. The van der Waals surface area contributed by atoms with Crippen molar-refractivity contribution in [2.24, 2.45) is 0 Å². The first-order valence-electron chi connectivity index (χ1n) is 39.3. The van der Waals surface area contributed by atoms with Crippen LogP contribution in [0.1, 0.15) is 355 Å². The number of nitrogens with zero attached hydrogens (tertiary/aromatic N) is 2. The van der Waals surface area contributed by atoms with Crippen LogP contribution in [-0.2, 0) is 18.9 Å². The number of ether oxygens (including phenoxy) is 4. The second-order valence-corrected chi connectivity index (χ2v) is 27.2. The SMILES string of the molecule is CCCCC/C=C\C/C=C\CCCCCCCCC1(CCCCCCCC/C=C\C/C=C\CCCCC)OCC(CCN(C)C)O1.CCCCC/C=C\C/C=C\CCCCCCCCOCC(CN(C)C)OCCCCCCCC/C=C\C/C=C\CCCCC. The summed E-state index contributed by atoms with van der Waals surface area (Å²) < 4.78 is 25.4. The molecule has 0 N–H and O–H groups in total. The van der Waals surface area contributed by atoms with Gasteiger partial charge in [-0.1, -0.05) is 279 Å². The van der Waals surface area contributed by atoms with E-state index in [0.717, 1.165) is 84.5 Å². The quantitative estimate of drug-likeness (QED) is 0.0447. The molecule has 0 radical (unpaired) electrons. The van der Waals surface area contributed by atoms with Crippen LogP contribution in [0, 0.1) is 0 Å². The molecule has 90 heavy (non-hydrogen) atoms. The lowest BCUT2D eigenvalue weighted by molar-refractivity contribution is -0.180. The Morgan fingerprint density at radius 3 is 0.978 bits per heavy atom. The molecule has 0 aliphatic carbocycles. The maximum atomic E-state index is 6.67. The van der Waals surface area contributed by atoms with Crippen molar-refractivity contribution in [2.75, 3.05) is 67.7 Å². The summed E-state index contributed by atoms with van der Waals surface area (Å²) in [5, 5.41) is 0. The summed E-state index contributed by atoms with van der Waals surface area (Å²) in [5.41, 5.74) is 0. The largest absolute Gasteiger partial charge is 0.379 e. The molecule has 0 spiro atoms. The van der Waals surface area contributed by atoms with E-state index < -0.39 is 0 Å². The van der Waals surface area contributed by atoms with E-state index in [0.29, 0.717) is 0 Å². The predicted molar refractivity (Wildman–Crippen MR) is 403 cm³/mol. The Morgan fingerprint density at radius 2 is 0.656 bits per heavy atom. The molecule has 1 rings (SSSR count). The van der Waals surface area contributed by atoms with E-state index in [9.17, 15) is 0 Å². The second kappa shape index (κ2) is 74.1. The van der Waals surface area contributed by atoms with Crippen LogP contribution in [0.25, 0.3) is 0 Å². The lowest BCUT2D eigenvalue weighted by Crippen LogP contribution is -2.32. The summed E-state index contributed by atoms with van der Waals surface area (Å²) in [6.07, 6.45) is 103. The van der Waals surface area contributed by atoms with Crippen LogP contribution in [0.3, 0.4) is 0 Å². The van der Waals surface area contributed by atoms with E-state index in [1.807, 2.05) is 0 Å². The van der Waals surface area contributed by atoms with Crippen molar-refractivity contribution in [3.05, 3.63) is 97.2 Å². The van der Waals surface area contributed by atoms with E-state index in [-0.39, 0.29) is 18.0 Å². The summed E-state index contributed by atoms with van der Waals surface area (Å²) in [6, 6.07) is 0. The van der Waals surface area contributed by atoms with E-state index in [2.05, 4.69) is 163 Å². The third-order valence-corrected chi connectivity index (χ3v) is 17.4. The smallest absolute Gasteiger partial charge is 0.168 e. The molecule has 6 nitrogen and oxygen atoms in total. The van der Waals surface area contributed by atoms with Crippen LogP contribution in [0.2, 0.25) is 0 Å². The maximum absolute atomic E-state index is 6.67. The molecule has 1 heterocycles. The van der Waals surface area contributed by atoms with Crippen LogP contribution in [-0.4, -0.2) is 95.5 Å². The third-order valence-electron chi connectivity index (χ3n) is 17.4. The Hall–Kier alpha value is -2.32. The van der Waals surface area contributed by atoms with Crippen molar-refractivity contribution in [2.45, 2.75) is 373 Å². The Balaban J connectivity index is 0.00000176. The van der Waals surface area contributed by atoms with Gasteiger partial charge < -0.3 is 28.7 Å². The van der Waals surface area contributed by atoms with Gasteiger partial charge in [0.25, 0.3) is 0 Å². The fourth-order valence-corrected chi connectivity index (χ4v) is 11.6. The van der Waals surface area contributed by atoms with Crippen molar-refractivity contribution in [3.8, 4) is 0 Å². The van der Waals surface area contributed by atoms with Crippen molar-refractivity contribution < 1.29 is 18.9 Å². The molecule has 1 aliphatic heterocycles. The average Bonchev–Trinajstić information content (AvgIpc) is 2.72. The van der Waals surface area contributed by atoms with Gasteiger partial charge in [0, 0.05) is 39.1 Å². The standard InChI is InChI=1S/C43H79NO2.C41H77NO2/c1-5-7-9-11-13-15-17-19-21-23-25-27-29-31-33-35-38-43(45-41-42(46-43)37-40-44(3)4)39-36-34-32-30-28-26-24-22-20-18-16-14-12-10-8-6-2;1-5-7-9-11-13-15-17-19-21-23-25-27-29-31-33-35-37-43-40-41(39-42(3)4)44-38-36-34-32-30-28-26-24-22-20-18-16-14-12-10-8-6-2/h13-16,19-22,42H,5-12,17-18,23-41H2,1-4H3;13-16,19-22,41H,5-12,17-18,23-40H2,1-4H3/b2*15-13-,16-14-,21-19-,22-20-. The van der Waals surface area contributed by atoms with Gasteiger partial charge in [-0.2, -0.15) is 0 Å². The Labute approximate surface area is 563 Å². The highest BCUT2D eigenvalue weighted by Gasteiger charge is 2.40. The van der Waals surface area contributed by atoms with Crippen LogP contribution >= 0.6 is 0 Å². The van der Waals surface area contributed by atoms with Gasteiger partial charge in [-0.25, -0.2) is 0 Å². The molecule has 1 fully saturated rings. The van der Waals surface area contributed by atoms with Crippen molar-refractivity contribution in [3.63, 3.8) is 0 Å². The van der Waals surface area contributed by atoms with Gasteiger partial charge in [0.15, 0.2) is 5.79 Å². The first-order valence-corrected chi connectivity index (χ1v) is 39.3. The monoisotopic (exact) mass is 1260 g/mol. The maximum Gasteiger partial charge on any atom is 0.168 e. The molecule has 0 amide bonds. The van der Waals surface area contributed by atoms with E-state index in [4.69, 9.17) is 18.9 Å². The van der Waals surface area contributed by atoms with Crippen molar-refractivity contribution >= 4 is 0 Å². The molecule has 526 valence electrons. The number of likely N-dealkylation sites (N-methyl/N-ethyl adjacent to an activating group) is 1. The molecule has 1 saturated heterocycles. The molecule has 0 aromatic rings. The summed E-state index contributed by atoms with van der Waals surface area (Å²) in [5.74, 6) is -0.318. The third kappa shape index (κ3) is 68.5. The van der Waals surface area contributed by atoms with Gasteiger partial charge in [0.05, 0.1) is 25.4 Å². The molecule has 2 unspecified atom stereocenters. The number of hydrogen-bond donors (Lipinski definition) is 0. The zero-order valence-corrected chi connectivity index (χ0v) is 61.7. The highest BCUT2D eigenvalue weighted by molar-refractivity contribution is 4.95. The minimum Gasteiger partial charge on any atom is -0.379 e. The second-order valence-electron chi connectivity index (χ2n) is 27.2. The van der Waals surface area contributed by atoms with E-state index >= 15 is 0 Å². The summed E-state index contributed by atoms with van der Waals surface area (Å²) in [4.78, 5) is 4.47. The molecule has 6 heteroatoms. The number of rotatable bonds is 68. The Bertz CT molecular complexity index is 1590. The molecule has 1 aliphatic rings.